The Bertz CT molecular complexity index is 434. The van der Waals surface area contributed by atoms with E-state index in [1.54, 1.807) is 0 Å². The third kappa shape index (κ3) is 12.4. The highest BCUT2D eigenvalue weighted by atomic mass is 14.5. The molecule has 0 aromatic carbocycles. The van der Waals surface area contributed by atoms with Crippen LogP contribution in [0.1, 0.15) is 51.9 Å². The van der Waals surface area contributed by atoms with Crippen LogP contribution in [-0.4, -0.2) is 6.54 Å². The van der Waals surface area contributed by atoms with Crippen LogP contribution in [0.15, 0.2) is 0 Å². The Balaban J connectivity index is 3.85. The molecule has 0 aliphatic heterocycles. The fraction of sp³-hybridized carbons (Fsp3) is 0.556. The van der Waals surface area contributed by atoms with Gasteiger partial charge in [-0.1, -0.05) is 51.4 Å². The number of rotatable bonds is 8. The van der Waals surface area contributed by atoms with Gasteiger partial charge >= 0.3 is 0 Å². The zero-order valence-electron chi connectivity index (χ0n) is 11.9. The first kappa shape index (κ1) is 17.2. The van der Waals surface area contributed by atoms with Crippen molar-refractivity contribution in [3.05, 3.63) is 0 Å². The highest BCUT2D eigenvalue weighted by Crippen LogP contribution is 2.11. The second kappa shape index (κ2) is 14.3. The Kier molecular flexibility index (Phi) is 12.9. The quantitative estimate of drug-likeness (QED) is 0.522. The molecule has 0 aromatic heterocycles. The number of hydrogen-bond donors (Lipinski definition) is 1. The van der Waals surface area contributed by atoms with Crippen LogP contribution < -0.4 is 5.73 Å². The third-order valence-corrected chi connectivity index (χ3v) is 2.79. The lowest BCUT2D eigenvalue weighted by atomic mass is 10.0. The predicted octanol–water partition coefficient (Wildman–Crippen LogP) is 2.96. The van der Waals surface area contributed by atoms with Crippen LogP contribution in [0.4, 0.5) is 0 Å². The van der Waals surface area contributed by atoms with Crippen LogP contribution in [0.3, 0.4) is 0 Å². The first-order valence-corrected chi connectivity index (χ1v) is 7.01. The van der Waals surface area contributed by atoms with E-state index < -0.39 is 0 Å². The van der Waals surface area contributed by atoms with Crippen molar-refractivity contribution in [1.82, 2.24) is 0 Å². The molecule has 0 rings (SSSR count). The molecule has 0 spiro atoms. The van der Waals surface area contributed by atoms with Crippen LogP contribution in [-0.2, 0) is 0 Å². The normalized spacial score (nSPS) is 9.74. The molecular formula is C18H23N. The number of unbranched alkanes of at least 4 members (excludes halogenated alkanes) is 5. The van der Waals surface area contributed by atoms with Crippen LogP contribution in [0.5, 0.6) is 0 Å². The molecule has 1 nitrogen and oxygen atoms in total. The van der Waals surface area contributed by atoms with Crippen molar-refractivity contribution in [3.8, 4) is 47.9 Å². The number of hydrogen-bond acceptors (Lipinski definition) is 1. The summed E-state index contributed by atoms with van der Waals surface area (Å²) in [5.41, 5.74) is 5.69. The average molecular weight is 253 g/mol. The first-order chi connectivity index (χ1) is 9.35. The summed E-state index contributed by atoms with van der Waals surface area (Å²) in [7, 11) is 0. The second-order valence-corrected chi connectivity index (χ2v) is 4.40. The molecule has 1 heteroatoms. The Labute approximate surface area is 118 Å². The SMILES string of the molecule is C#CC#CC#CC#CC(CN)CCCCCCCC. The van der Waals surface area contributed by atoms with Gasteiger partial charge < -0.3 is 5.73 Å². The maximum atomic E-state index is 5.69. The standard InChI is InChI=1S/C18H23N/c1-3-5-7-9-11-13-15-18(17-19)16-14-12-10-8-6-4-2/h1,18H,4,6,8,10,12,14,16-17,19H2,2H3. The fourth-order valence-corrected chi connectivity index (χ4v) is 1.69. The van der Waals surface area contributed by atoms with E-state index in [2.05, 4.69) is 48.4 Å². The van der Waals surface area contributed by atoms with E-state index in [0.29, 0.717) is 6.54 Å². The van der Waals surface area contributed by atoms with Gasteiger partial charge in [-0.05, 0) is 41.9 Å². The summed E-state index contributed by atoms with van der Waals surface area (Å²) in [6, 6.07) is 0. The highest BCUT2D eigenvalue weighted by molar-refractivity contribution is 5.39. The van der Waals surface area contributed by atoms with Gasteiger partial charge in [0.2, 0.25) is 0 Å². The molecule has 0 fully saturated rings. The summed E-state index contributed by atoms with van der Waals surface area (Å²) in [5.74, 6) is 18.5. The van der Waals surface area contributed by atoms with Crippen LogP contribution in [0, 0.1) is 53.8 Å². The van der Waals surface area contributed by atoms with Gasteiger partial charge in [0.05, 0.1) is 0 Å². The van der Waals surface area contributed by atoms with Crippen molar-refractivity contribution in [1.29, 1.82) is 0 Å². The molecule has 1 atom stereocenters. The van der Waals surface area contributed by atoms with Crippen molar-refractivity contribution in [2.45, 2.75) is 51.9 Å². The Morgan fingerprint density at radius 3 is 2.21 bits per heavy atom. The van der Waals surface area contributed by atoms with Gasteiger partial charge in [0, 0.05) is 12.5 Å². The summed E-state index contributed by atoms with van der Waals surface area (Å²) >= 11 is 0. The topological polar surface area (TPSA) is 26.0 Å². The van der Waals surface area contributed by atoms with E-state index in [9.17, 15) is 0 Å². The summed E-state index contributed by atoms with van der Waals surface area (Å²) in [6.07, 6.45) is 13.8. The van der Waals surface area contributed by atoms with E-state index in [1.807, 2.05) is 0 Å². The van der Waals surface area contributed by atoms with Gasteiger partial charge in [-0.25, -0.2) is 0 Å². The van der Waals surface area contributed by atoms with Gasteiger partial charge in [-0.2, -0.15) is 0 Å². The molecule has 0 aromatic rings. The van der Waals surface area contributed by atoms with Gasteiger partial charge in [0.15, 0.2) is 0 Å². The molecule has 100 valence electrons. The fourth-order valence-electron chi connectivity index (χ4n) is 1.69. The van der Waals surface area contributed by atoms with Crippen molar-refractivity contribution in [2.75, 3.05) is 6.54 Å². The van der Waals surface area contributed by atoms with Gasteiger partial charge in [0.25, 0.3) is 0 Å². The molecule has 0 amide bonds. The zero-order valence-corrected chi connectivity index (χ0v) is 11.9. The second-order valence-electron chi connectivity index (χ2n) is 4.40. The van der Waals surface area contributed by atoms with Crippen LogP contribution in [0.25, 0.3) is 0 Å². The van der Waals surface area contributed by atoms with E-state index in [4.69, 9.17) is 12.2 Å². The lowest BCUT2D eigenvalue weighted by Gasteiger charge is -2.06. The highest BCUT2D eigenvalue weighted by Gasteiger charge is 2.01. The molecule has 2 N–H and O–H groups in total. The third-order valence-electron chi connectivity index (χ3n) is 2.79. The van der Waals surface area contributed by atoms with Gasteiger partial charge in [0.1, 0.15) is 0 Å². The molecule has 0 aliphatic carbocycles. The van der Waals surface area contributed by atoms with Crippen molar-refractivity contribution >= 4 is 0 Å². The van der Waals surface area contributed by atoms with Crippen molar-refractivity contribution < 1.29 is 0 Å². The average Bonchev–Trinajstić information content (AvgIpc) is 2.44. The molecule has 0 heterocycles. The summed E-state index contributed by atoms with van der Waals surface area (Å²) in [5, 5.41) is 0. The zero-order chi connectivity index (χ0) is 14.2. The Morgan fingerprint density at radius 2 is 1.53 bits per heavy atom. The van der Waals surface area contributed by atoms with Crippen LogP contribution in [0.2, 0.25) is 0 Å². The lowest BCUT2D eigenvalue weighted by molar-refractivity contribution is 0.534. The lowest BCUT2D eigenvalue weighted by Crippen LogP contribution is -2.12. The molecular weight excluding hydrogens is 230 g/mol. The molecule has 19 heavy (non-hydrogen) atoms. The van der Waals surface area contributed by atoms with E-state index >= 15 is 0 Å². The Hall–Kier alpha value is -1.80. The smallest absolute Gasteiger partial charge is 0.0335 e. The summed E-state index contributed by atoms with van der Waals surface area (Å²) < 4.78 is 0. The van der Waals surface area contributed by atoms with Crippen molar-refractivity contribution in [2.24, 2.45) is 11.7 Å². The molecule has 0 saturated carbocycles. The summed E-state index contributed by atoms with van der Waals surface area (Å²) in [4.78, 5) is 0. The molecule has 0 radical (unpaired) electrons. The van der Waals surface area contributed by atoms with Crippen LogP contribution >= 0.6 is 0 Å². The van der Waals surface area contributed by atoms with E-state index in [0.717, 1.165) is 6.42 Å². The van der Waals surface area contributed by atoms with E-state index in [-0.39, 0.29) is 5.92 Å². The van der Waals surface area contributed by atoms with Crippen molar-refractivity contribution in [3.63, 3.8) is 0 Å². The maximum absolute atomic E-state index is 5.69. The minimum Gasteiger partial charge on any atom is -0.329 e. The number of nitrogens with two attached hydrogens (primary N) is 1. The minimum atomic E-state index is 0.251. The maximum Gasteiger partial charge on any atom is 0.0335 e. The van der Waals surface area contributed by atoms with Gasteiger partial charge in [-0.3, -0.25) is 0 Å². The molecule has 0 bridgehead atoms. The molecule has 0 aliphatic rings. The largest absolute Gasteiger partial charge is 0.329 e. The molecule has 0 saturated heterocycles. The Morgan fingerprint density at radius 1 is 0.895 bits per heavy atom. The minimum absolute atomic E-state index is 0.251. The van der Waals surface area contributed by atoms with E-state index in [1.165, 1.54) is 38.5 Å². The van der Waals surface area contributed by atoms with Gasteiger partial charge in [-0.15, -0.1) is 6.42 Å². The predicted molar refractivity (Wildman–Crippen MR) is 82.7 cm³/mol. The monoisotopic (exact) mass is 253 g/mol. The first-order valence-electron chi connectivity index (χ1n) is 7.01. The molecule has 1 unspecified atom stereocenters. The number of terminal acetylenes is 1. The summed E-state index contributed by atoms with van der Waals surface area (Å²) in [6.45, 7) is 2.83.